The second kappa shape index (κ2) is 4.37. The molecule has 0 unspecified atom stereocenters. The van der Waals surface area contributed by atoms with Crippen LogP contribution in [0.3, 0.4) is 0 Å². The third-order valence-electron chi connectivity index (χ3n) is 2.70. The van der Waals surface area contributed by atoms with Gasteiger partial charge in [0.15, 0.2) is 11.3 Å². The molecule has 94 valence electrons. The molecule has 0 atom stereocenters. The molecule has 19 heavy (non-hydrogen) atoms. The van der Waals surface area contributed by atoms with Crippen LogP contribution >= 0.6 is 11.6 Å². The summed E-state index contributed by atoms with van der Waals surface area (Å²) in [5, 5.41) is 9.67. The van der Waals surface area contributed by atoms with Crippen molar-refractivity contribution in [2.24, 2.45) is 0 Å². The van der Waals surface area contributed by atoms with Crippen LogP contribution in [-0.2, 0) is 0 Å². The zero-order chi connectivity index (χ0) is 13.4. The summed E-state index contributed by atoms with van der Waals surface area (Å²) in [6, 6.07) is 7.22. The molecule has 0 saturated carbocycles. The Hall–Kier alpha value is -2.40. The number of aromatic nitrogens is 3. The van der Waals surface area contributed by atoms with Crippen LogP contribution in [0.2, 0.25) is 5.02 Å². The Kier molecular flexibility index (Phi) is 2.68. The molecule has 1 aromatic carbocycles. The average molecular weight is 274 g/mol. The molecule has 3 aromatic rings. The Morgan fingerprint density at radius 2 is 2.21 bits per heavy atom. The summed E-state index contributed by atoms with van der Waals surface area (Å²) >= 11 is 5.93. The first kappa shape index (κ1) is 11.7. The molecular weight excluding hydrogens is 266 g/mol. The number of fused-ring (bicyclic) bond motifs is 1. The van der Waals surface area contributed by atoms with Gasteiger partial charge in [-0.25, -0.2) is 14.8 Å². The van der Waals surface area contributed by atoms with Gasteiger partial charge in [0.2, 0.25) is 0 Å². The van der Waals surface area contributed by atoms with Crippen LogP contribution < -0.4 is 0 Å². The molecule has 0 spiro atoms. The molecule has 0 bridgehead atoms. The largest absolute Gasteiger partial charge is 0.476 e. The summed E-state index contributed by atoms with van der Waals surface area (Å²) < 4.78 is 1.63. The Labute approximate surface area is 113 Å². The van der Waals surface area contributed by atoms with Crippen molar-refractivity contribution in [2.75, 3.05) is 0 Å². The van der Waals surface area contributed by atoms with Gasteiger partial charge < -0.3 is 9.51 Å². The van der Waals surface area contributed by atoms with E-state index in [1.54, 1.807) is 28.9 Å². The molecule has 6 heteroatoms. The first-order valence-corrected chi connectivity index (χ1v) is 5.86. The lowest BCUT2D eigenvalue weighted by Crippen LogP contribution is -2.03. The lowest BCUT2D eigenvalue weighted by molar-refractivity contribution is 0.0692. The summed E-state index contributed by atoms with van der Waals surface area (Å²) in [5.74, 6) is -1.10. The maximum absolute atomic E-state index is 11.1. The topological polar surface area (TPSA) is 67.5 Å². The van der Waals surface area contributed by atoms with Gasteiger partial charge in [-0.15, -0.1) is 0 Å². The van der Waals surface area contributed by atoms with Gasteiger partial charge in [0.1, 0.15) is 0 Å². The summed E-state index contributed by atoms with van der Waals surface area (Å²) in [6.45, 7) is 0. The SMILES string of the molecule is O=C(O)c1nccn2cc(-c3cccc(Cl)c3)nc12. The molecule has 0 amide bonds. The number of carboxylic acid groups (broad SMARTS) is 1. The minimum atomic E-state index is -1.10. The standard InChI is InChI=1S/C13H8ClN3O2/c14-9-3-1-2-8(6-9)10-7-17-5-4-15-11(13(18)19)12(17)16-10/h1-7H,(H,18,19). The average Bonchev–Trinajstić information content (AvgIpc) is 2.82. The smallest absolute Gasteiger partial charge is 0.358 e. The molecule has 0 aliphatic rings. The molecule has 0 fully saturated rings. The molecule has 0 aliphatic carbocycles. The maximum Gasteiger partial charge on any atom is 0.358 e. The lowest BCUT2D eigenvalue weighted by atomic mass is 10.2. The molecule has 5 nitrogen and oxygen atoms in total. The van der Waals surface area contributed by atoms with Gasteiger partial charge in [-0.1, -0.05) is 23.7 Å². The molecule has 2 aromatic heterocycles. The van der Waals surface area contributed by atoms with Crippen LogP contribution in [0.4, 0.5) is 0 Å². The Bertz CT molecular complexity index is 782. The molecule has 0 saturated heterocycles. The van der Waals surface area contributed by atoms with Crippen LogP contribution in [0.1, 0.15) is 10.5 Å². The van der Waals surface area contributed by atoms with Gasteiger partial charge in [-0.05, 0) is 12.1 Å². The van der Waals surface area contributed by atoms with Crippen LogP contribution in [0.15, 0.2) is 42.9 Å². The minimum absolute atomic E-state index is 0.0734. The second-order valence-electron chi connectivity index (χ2n) is 3.95. The Morgan fingerprint density at radius 1 is 1.37 bits per heavy atom. The van der Waals surface area contributed by atoms with E-state index in [0.717, 1.165) is 5.56 Å². The fourth-order valence-corrected chi connectivity index (χ4v) is 2.05. The van der Waals surface area contributed by atoms with Gasteiger partial charge in [0.25, 0.3) is 0 Å². The summed E-state index contributed by atoms with van der Waals surface area (Å²) in [6.07, 6.45) is 4.83. The number of aromatic carboxylic acids is 1. The fourth-order valence-electron chi connectivity index (χ4n) is 1.86. The highest BCUT2D eigenvalue weighted by molar-refractivity contribution is 6.30. The van der Waals surface area contributed by atoms with E-state index in [4.69, 9.17) is 16.7 Å². The van der Waals surface area contributed by atoms with E-state index in [2.05, 4.69) is 9.97 Å². The van der Waals surface area contributed by atoms with E-state index in [-0.39, 0.29) is 5.69 Å². The summed E-state index contributed by atoms with van der Waals surface area (Å²) in [4.78, 5) is 19.2. The number of carbonyl (C=O) groups is 1. The number of imidazole rings is 1. The molecular formula is C13H8ClN3O2. The monoisotopic (exact) mass is 273 g/mol. The number of hydrogen-bond donors (Lipinski definition) is 1. The number of nitrogens with zero attached hydrogens (tertiary/aromatic N) is 3. The molecule has 0 aliphatic heterocycles. The highest BCUT2D eigenvalue weighted by atomic mass is 35.5. The summed E-state index contributed by atoms with van der Waals surface area (Å²) in [7, 11) is 0. The molecule has 1 N–H and O–H groups in total. The van der Waals surface area contributed by atoms with Crippen molar-refractivity contribution >= 4 is 23.2 Å². The normalized spacial score (nSPS) is 10.8. The van der Waals surface area contributed by atoms with Crippen molar-refractivity contribution in [2.45, 2.75) is 0 Å². The Balaban J connectivity index is 2.22. The van der Waals surface area contributed by atoms with Crippen LogP contribution in [-0.4, -0.2) is 25.4 Å². The van der Waals surface area contributed by atoms with Crippen LogP contribution in [0.5, 0.6) is 0 Å². The van der Waals surface area contributed by atoms with E-state index in [1.807, 2.05) is 12.1 Å². The minimum Gasteiger partial charge on any atom is -0.476 e. The van der Waals surface area contributed by atoms with Gasteiger partial charge in [-0.2, -0.15) is 0 Å². The maximum atomic E-state index is 11.1. The highest BCUT2D eigenvalue weighted by Crippen LogP contribution is 2.22. The molecule has 3 rings (SSSR count). The van der Waals surface area contributed by atoms with Gasteiger partial charge >= 0.3 is 5.97 Å². The zero-order valence-corrected chi connectivity index (χ0v) is 10.4. The third kappa shape index (κ3) is 2.04. The number of benzene rings is 1. The van der Waals surface area contributed by atoms with E-state index in [1.165, 1.54) is 6.20 Å². The van der Waals surface area contributed by atoms with E-state index in [0.29, 0.717) is 16.4 Å². The van der Waals surface area contributed by atoms with Gasteiger partial charge in [-0.3, -0.25) is 0 Å². The predicted molar refractivity (Wildman–Crippen MR) is 70.4 cm³/mol. The van der Waals surface area contributed by atoms with Crippen molar-refractivity contribution in [3.63, 3.8) is 0 Å². The molecule has 0 radical (unpaired) electrons. The van der Waals surface area contributed by atoms with E-state index in [9.17, 15) is 4.79 Å². The zero-order valence-electron chi connectivity index (χ0n) is 9.62. The second-order valence-corrected chi connectivity index (χ2v) is 4.38. The number of halogens is 1. The van der Waals surface area contributed by atoms with Gasteiger partial charge in [0, 0.05) is 29.2 Å². The van der Waals surface area contributed by atoms with Crippen molar-refractivity contribution in [3.8, 4) is 11.3 Å². The quantitative estimate of drug-likeness (QED) is 0.779. The van der Waals surface area contributed by atoms with Crippen molar-refractivity contribution in [3.05, 3.63) is 53.6 Å². The lowest BCUT2D eigenvalue weighted by Gasteiger charge is -1.95. The number of carboxylic acids is 1. The van der Waals surface area contributed by atoms with Gasteiger partial charge in [0.05, 0.1) is 5.69 Å². The van der Waals surface area contributed by atoms with E-state index < -0.39 is 5.97 Å². The number of hydrogen-bond acceptors (Lipinski definition) is 3. The third-order valence-corrected chi connectivity index (χ3v) is 2.93. The Morgan fingerprint density at radius 3 is 2.95 bits per heavy atom. The summed E-state index contributed by atoms with van der Waals surface area (Å²) in [5.41, 5.74) is 1.71. The van der Waals surface area contributed by atoms with Crippen LogP contribution in [0.25, 0.3) is 16.9 Å². The van der Waals surface area contributed by atoms with E-state index >= 15 is 0 Å². The molecule has 2 heterocycles. The number of rotatable bonds is 2. The predicted octanol–water partition coefficient (Wildman–Crippen LogP) is 2.75. The first-order chi connectivity index (χ1) is 9.15. The highest BCUT2D eigenvalue weighted by Gasteiger charge is 2.14. The first-order valence-electron chi connectivity index (χ1n) is 5.48. The van der Waals surface area contributed by atoms with Crippen molar-refractivity contribution < 1.29 is 9.90 Å². The van der Waals surface area contributed by atoms with Crippen LogP contribution in [0, 0.1) is 0 Å². The van der Waals surface area contributed by atoms with Crippen molar-refractivity contribution in [1.82, 2.24) is 14.4 Å². The van der Waals surface area contributed by atoms with Crippen molar-refractivity contribution in [1.29, 1.82) is 0 Å². The fraction of sp³-hybridized carbons (Fsp3) is 0.